The lowest BCUT2D eigenvalue weighted by molar-refractivity contribution is 0.111. The zero-order valence-electron chi connectivity index (χ0n) is 9.21. The molecule has 0 aromatic heterocycles. The molecule has 2 saturated heterocycles. The second-order valence-corrected chi connectivity index (χ2v) is 5.68. The van der Waals surface area contributed by atoms with Crippen LogP contribution in [-0.4, -0.2) is 36.6 Å². The van der Waals surface area contributed by atoms with Crippen molar-refractivity contribution in [3.8, 4) is 0 Å². The number of fused-ring (bicyclic) bond motifs is 2. The van der Waals surface area contributed by atoms with Crippen LogP contribution in [0.25, 0.3) is 0 Å². The van der Waals surface area contributed by atoms with Crippen LogP contribution in [0, 0.1) is 11.8 Å². The maximum atomic E-state index is 3.58. The highest BCUT2D eigenvalue weighted by atomic mass is 15.2. The van der Waals surface area contributed by atoms with E-state index in [0.29, 0.717) is 0 Å². The summed E-state index contributed by atoms with van der Waals surface area (Å²) in [5.74, 6) is 1.94. The molecule has 4 atom stereocenters. The Hall–Kier alpha value is -0.0800. The van der Waals surface area contributed by atoms with E-state index in [1.165, 1.54) is 45.3 Å². The van der Waals surface area contributed by atoms with Crippen LogP contribution in [0.4, 0.5) is 0 Å². The van der Waals surface area contributed by atoms with Gasteiger partial charge in [-0.25, -0.2) is 0 Å². The molecule has 14 heavy (non-hydrogen) atoms. The molecule has 1 saturated carbocycles. The van der Waals surface area contributed by atoms with Gasteiger partial charge in [0.05, 0.1) is 0 Å². The molecule has 80 valence electrons. The molecule has 2 bridgehead atoms. The normalized spacial score (nSPS) is 48.6. The van der Waals surface area contributed by atoms with Crippen molar-refractivity contribution in [2.24, 2.45) is 11.8 Å². The minimum atomic E-state index is 0.856. The largest absolute Gasteiger partial charge is 0.315 e. The highest BCUT2D eigenvalue weighted by Crippen LogP contribution is 2.39. The molecular formula is C12H22N2. The van der Waals surface area contributed by atoms with Crippen molar-refractivity contribution < 1.29 is 0 Å². The Morgan fingerprint density at radius 1 is 1.07 bits per heavy atom. The van der Waals surface area contributed by atoms with Gasteiger partial charge in [-0.3, -0.25) is 4.90 Å². The first-order valence-corrected chi connectivity index (χ1v) is 6.29. The summed E-state index contributed by atoms with van der Waals surface area (Å²) in [6.45, 7) is 6.27. The lowest BCUT2D eigenvalue weighted by Gasteiger charge is -2.39. The quantitative estimate of drug-likeness (QED) is 0.680. The summed E-state index contributed by atoms with van der Waals surface area (Å²) in [4.78, 5) is 2.82. The third-order valence-electron chi connectivity index (χ3n) is 4.47. The van der Waals surface area contributed by atoms with E-state index in [1.54, 1.807) is 0 Å². The molecule has 2 heterocycles. The van der Waals surface area contributed by atoms with Gasteiger partial charge in [-0.2, -0.15) is 0 Å². The van der Waals surface area contributed by atoms with E-state index in [9.17, 15) is 0 Å². The molecule has 3 aliphatic rings. The first-order chi connectivity index (χ1) is 6.83. The first-order valence-electron chi connectivity index (χ1n) is 6.29. The van der Waals surface area contributed by atoms with Crippen molar-refractivity contribution in [1.82, 2.24) is 10.2 Å². The van der Waals surface area contributed by atoms with Gasteiger partial charge in [-0.05, 0) is 44.1 Å². The van der Waals surface area contributed by atoms with E-state index in [1.807, 2.05) is 0 Å². The van der Waals surface area contributed by atoms with Crippen molar-refractivity contribution in [3.63, 3.8) is 0 Å². The number of hydrogen-bond acceptors (Lipinski definition) is 2. The van der Waals surface area contributed by atoms with Gasteiger partial charge in [0.1, 0.15) is 0 Å². The number of nitrogens with one attached hydrogen (secondary N) is 1. The Balaban J connectivity index is 1.65. The lowest BCUT2D eigenvalue weighted by Crippen LogP contribution is -2.51. The van der Waals surface area contributed by atoms with Gasteiger partial charge in [-0.1, -0.05) is 6.92 Å². The number of hydrogen-bond donors (Lipinski definition) is 1. The van der Waals surface area contributed by atoms with Gasteiger partial charge >= 0.3 is 0 Å². The van der Waals surface area contributed by atoms with Crippen molar-refractivity contribution >= 4 is 0 Å². The maximum Gasteiger partial charge on any atom is 0.0226 e. The lowest BCUT2D eigenvalue weighted by atomic mass is 9.95. The van der Waals surface area contributed by atoms with Gasteiger partial charge in [0.25, 0.3) is 0 Å². The fraction of sp³-hybridized carbons (Fsp3) is 1.00. The Morgan fingerprint density at radius 2 is 2.00 bits per heavy atom. The second-order valence-electron chi connectivity index (χ2n) is 5.68. The standard InChI is InChI=1S/C12H22N2/c1-9-4-12(7-13-6-9)14-8-10-2-3-11(14)5-10/h9-13H,2-8H2,1H3. The van der Waals surface area contributed by atoms with Crippen LogP contribution in [0.2, 0.25) is 0 Å². The van der Waals surface area contributed by atoms with Crippen LogP contribution in [0.5, 0.6) is 0 Å². The number of piperidine rings is 2. The van der Waals surface area contributed by atoms with Crippen LogP contribution >= 0.6 is 0 Å². The number of rotatable bonds is 1. The van der Waals surface area contributed by atoms with Crippen LogP contribution in [0.1, 0.15) is 32.6 Å². The molecule has 0 aromatic rings. The zero-order valence-corrected chi connectivity index (χ0v) is 9.21. The van der Waals surface area contributed by atoms with Gasteiger partial charge in [0.15, 0.2) is 0 Å². The van der Waals surface area contributed by atoms with Crippen molar-refractivity contribution in [2.75, 3.05) is 19.6 Å². The minimum Gasteiger partial charge on any atom is -0.315 e. The van der Waals surface area contributed by atoms with Crippen LogP contribution in [0.3, 0.4) is 0 Å². The fourth-order valence-corrected chi connectivity index (χ4v) is 3.79. The second kappa shape index (κ2) is 3.49. The smallest absolute Gasteiger partial charge is 0.0226 e. The molecule has 0 radical (unpaired) electrons. The summed E-state index contributed by atoms with van der Waals surface area (Å²) >= 11 is 0. The van der Waals surface area contributed by atoms with E-state index < -0.39 is 0 Å². The van der Waals surface area contributed by atoms with E-state index in [-0.39, 0.29) is 0 Å². The number of nitrogens with zero attached hydrogens (tertiary/aromatic N) is 1. The molecule has 0 amide bonds. The van der Waals surface area contributed by atoms with Gasteiger partial charge in [-0.15, -0.1) is 0 Å². The summed E-state index contributed by atoms with van der Waals surface area (Å²) in [7, 11) is 0. The topological polar surface area (TPSA) is 15.3 Å². The fourth-order valence-electron chi connectivity index (χ4n) is 3.79. The molecule has 2 heteroatoms. The van der Waals surface area contributed by atoms with Gasteiger partial charge < -0.3 is 5.32 Å². The molecule has 1 aliphatic carbocycles. The van der Waals surface area contributed by atoms with Crippen molar-refractivity contribution in [1.29, 1.82) is 0 Å². The molecular weight excluding hydrogens is 172 g/mol. The van der Waals surface area contributed by atoms with E-state index in [0.717, 1.165) is 23.9 Å². The third-order valence-corrected chi connectivity index (χ3v) is 4.47. The Kier molecular flexibility index (Phi) is 2.29. The minimum absolute atomic E-state index is 0.856. The molecule has 0 spiro atoms. The SMILES string of the molecule is CC1CNCC(N2CC3CCC2C3)C1. The summed E-state index contributed by atoms with van der Waals surface area (Å²) in [6.07, 6.45) is 5.92. The van der Waals surface area contributed by atoms with Crippen LogP contribution in [0.15, 0.2) is 0 Å². The molecule has 3 fully saturated rings. The molecule has 3 rings (SSSR count). The summed E-state index contributed by atoms with van der Waals surface area (Å²) in [5.41, 5.74) is 0. The van der Waals surface area contributed by atoms with E-state index in [4.69, 9.17) is 0 Å². The summed E-state index contributed by atoms with van der Waals surface area (Å²) < 4.78 is 0. The highest BCUT2D eigenvalue weighted by molar-refractivity contribution is 4.96. The first kappa shape index (κ1) is 9.17. The molecule has 2 nitrogen and oxygen atoms in total. The Morgan fingerprint density at radius 3 is 2.64 bits per heavy atom. The highest BCUT2D eigenvalue weighted by Gasteiger charge is 2.41. The van der Waals surface area contributed by atoms with Crippen LogP contribution in [-0.2, 0) is 0 Å². The molecule has 1 N–H and O–H groups in total. The molecule has 2 aliphatic heterocycles. The van der Waals surface area contributed by atoms with E-state index >= 15 is 0 Å². The van der Waals surface area contributed by atoms with Crippen LogP contribution < -0.4 is 5.32 Å². The third kappa shape index (κ3) is 1.49. The average molecular weight is 194 g/mol. The molecule has 4 unspecified atom stereocenters. The summed E-state index contributed by atoms with van der Waals surface area (Å²) in [6, 6.07) is 1.81. The van der Waals surface area contributed by atoms with E-state index in [2.05, 4.69) is 17.1 Å². The monoisotopic (exact) mass is 194 g/mol. The predicted molar refractivity (Wildman–Crippen MR) is 58.3 cm³/mol. The maximum absolute atomic E-state index is 3.58. The van der Waals surface area contributed by atoms with Gasteiger partial charge in [0, 0.05) is 25.2 Å². The average Bonchev–Trinajstić information content (AvgIpc) is 2.78. The predicted octanol–water partition coefficient (Wildman–Crippen LogP) is 1.47. The Bertz CT molecular complexity index is 216. The zero-order chi connectivity index (χ0) is 9.54. The Labute approximate surface area is 87.0 Å². The summed E-state index contributed by atoms with van der Waals surface area (Å²) in [5, 5.41) is 3.58. The van der Waals surface area contributed by atoms with Crippen molar-refractivity contribution in [2.45, 2.75) is 44.7 Å². The molecule has 0 aromatic carbocycles. The van der Waals surface area contributed by atoms with Crippen molar-refractivity contribution in [3.05, 3.63) is 0 Å². The van der Waals surface area contributed by atoms with Gasteiger partial charge in [0.2, 0.25) is 0 Å². The number of likely N-dealkylation sites (tertiary alicyclic amines) is 1.